The second-order valence-electron chi connectivity index (χ2n) is 4.47. The normalized spacial score (nSPS) is 15.4. The second-order valence-corrected chi connectivity index (χ2v) is 4.47. The number of ether oxygens (including phenoxy) is 1. The molecule has 2 rings (SSSR count). The van der Waals surface area contributed by atoms with Gasteiger partial charge in [0.1, 0.15) is 5.82 Å². The monoisotopic (exact) mass is 249 g/mol. The van der Waals surface area contributed by atoms with E-state index >= 15 is 0 Å². The van der Waals surface area contributed by atoms with Crippen molar-refractivity contribution in [1.29, 1.82) is 0 Å². The number of rotatable bonds is 3. The maximum Gasteiger partial charge on any atom is 0.409 e. The fraction of sp³-hybridized carbons (Fsp3) is 0.538. The molecule has 0 saturated carbocycles. The van der Waals surface area contributed by atoms with Crippen LogP contribution in [0.1, 0.15) is 25.0 Å². The van der Waals surface area contributed by atoms with Gasteiger partial charge in [-0.3, -0.25) is 0 Å². The van der Waals surface area contributed by atoms with Gasteiger partial charge in [-0.1, -0.05) is 6.07 Å². The Morgan fingerprint density at radius 3 is 2.83 bits per heavy atom. The Morgan fingerprint density at radius 1 is 1.33 bits per heavy atom. The summed E-state index contributed by atoms with van der Waals surface area (Å²) in [6, 6.07) is 5.47. The van der Waals surface area contributed by atoms with E-state index in [0.717, 1.165) is 31.6 Å². The third-order valence-corrected chi connectivity index (χ3v) is 3.03. The van der Waals surface area contributed by atoms with E-state index in [0.29, 0.717) is 18.8 Å². The van der Waals surface area contributed by atoms with E-state index in [4.69, 9.17) is 10.5 Å². The molecular weight excluding hydrogens is 230 g/mol. The first-order chi connectivity index (χ1) is 8.75. The molecule has 18 heavy (non-hydrogen) atoms. The van der Waals surface area contributed by atoms with Gasteiger partial charge in [0.2, 0.25) is 0 Å². The predicted molar refractivity (Wildman–Crippen MR) is 69.1 cm³/mol. The number of hydrogen-bond donors (Lipinski definition) is 1. The summed E-state index contributed by atoms with van der Waals surface area (Å²) in [5.74, 6) is 0.495. The summed E-state index contributed by atoms with van der Waals surface area (Å²) in [4.78, 5) is 17.6. The summed E-state index contributed by atoms with van der Waals surface area (Å²) in [6.45, 7) is 1.98. The number of aromatic nitrogens is 1. The lowest BCUT2D eigenvalue weighted by Gasteiger charge is -2.25. The van der Waals surface area contributed by atoms with Gasteiger partial charge in [0.25, 0.3) is 0 Å². The van der Waals surface area contributed by atoms with Crippen molar-refractivity contribution in [1.82, 2.24) is 9.88 Å². The number of hydrogen-bond acceptors (Lipinski definition) is 4. The number of anilines is 1. The number of carbonyl (C=O) groups excluding carboxylic acids is 1. The Bertz CT molecular complexity index is 403. The van der Waals surface area contributed by atoms with Gasteiger partial charge in [0.05, 0.1) is 6.61 Å². The van der Waals surface area contributed by atoms with Gasteiger partial charge in [-0.25, -0.2) is 9.78 Å². The van der Waals surface area contributed by atoms with Gasteiger partial charge < -0.3 is 15.4 Å². The molecule has 1 aromatic rings. The standard InChI is InChI=1S/C13H19N3O2/c14-12-6-4-5-11(15-12)7-10-18-13(17)16-8-2-1-3-9-16/h4-6H,1-3,7-10H2,(H2,14,15). The zero-order valence-corrected chi connectivity index (χ0v) is 10.5. The molecule has 5 heteroatoms. The van der Waals surface area contributed by atoms with Crippen LogP contribution in [-0.2, 0) is 11.2 Å². The van der Waals surface area contributed by atoms with Crippen molar-refractivity contribution in [3.05, 3.63) is 23.9 Å². The summed E-state index contributed by atoms with van der Waals surface area (Å²) in [5, 5.41) is 0. The molecule has 2 heterocycles. The molecule has 2 N–H and O–H groups in total. The van der Waals surface area contributed by atoms with Crippen molar-refractivity contribution >= 4 is 11.9 Å². The highest BCUT2D eigenvalue weighted by atomic mass is 16.6. The van der Waals surface area contributed by atoms with Gasteiger partial charge in [-0.15, -0.1) is 0 Å². The summed E-state index contributed by atoms with van der Waals surface area (Å²) in [7, 11) is 0. The fourth-order valence-corrected chi connectivity index (χ4v) is 2.05. The molecule has 1 saturated heterocycles. The first-order valence-electron chi connectivity index (χ1n) is 6.39. The van der Waals surface area contributed by atoms with Crippen LogP contribution in [0.5, 0.6) is 0 Å². The molecular formula is C13H19N3O2. The molecule has 1 amide bonds. The Hall–Kier alpha value is -1.78. The third kappa shape index (κ3) is 3.61. The summed E-state index contributed by atoms with van der Waals surface area (Å²) in [5.41, 5.74) is 6.43. The number of piperidine rings is 1. The average Bonchev–Trinajstić information content (AvgIpc) is 2.40. The Morgan fingerprint density at radius 2 is 2.11 bits per heavy atom. The molecule has 0 unspecified atom stereocenters. The number of likely N-dealkylation sites (tertiary alicyclic amines) is 1. The van der Waals surface area contributed by atoms with Crippen molar-refractivity contribution in [2.45, 2.75) is 25.7 Å². The summed E-state index contributed by atoms with van der Waals surface area (Å²) in [6.07, 6.45) is 3.75. The molecule has 1 aliphatic heterocycles. The lowest BCUT2D eigenvalue weighted by Crippen LogP contribution is -2.36. The molecule has 1 aromatic heterocycles. The van der Waals surface area contributed by atoms with Gasteiger partial charge in [0, 0.05) is 25.2 Å². The number of nitrogen functional groups attached to an aromatic ring is 1. The van der Waals surface area contributed by atoms with E-state index in [1.54, 1.807) is 11.0 Å². The van der Waals surface area contributed by atoms with E-state index in [9.17, 15) is 4.79 Å². The van der Waals surface area contributed by atoms with Crippen molar-refractivity contribution in [2.24, 2.45) is 0 Å². The zero-order chi connectivity index (χ0) is 12.8. The Kier molecular flexibility index (Phi) is 4.39. The van der Waals surface area contributed by atoms with Crippen LogP contribution < -0.4 is 5.73 Å². The third-order valence-electron chi connectivity index (χ3n) is 3.03. The number of carbonyl (C=O) groups is 1. The summed E-state index contributed by atoms with van der Waals surface area (Å²) >= 11 is 0. The van der Waals surface area contributed by atoms with E-state index in [2.05, 4.69) is 4.98 Å². The lowest BCUT2D eigenvalue weighted by atomic mass is 10.1. The van der Waals surface area contributed by atoms with Crippen LogP contribution in [0.4, 0.5) is 10.6 Å². The van der Waals surface area contributed by atoms with Crippen molar-refractivity contribution in [2.75, 3.05) is 25.4 Å². The van der Waals surface area contributed by atoms with Gasteiger partial charge in [-0.05, 0) is 31.4 Å². The molecule has 1 aliphatic rings. The van der Waals surface area contributed by atoms with Crippen molar-refractivity contribution in [3.8, 4) is 0 Å². The van der Waals surface area contributed by atoms with Crippen LogP contribution in [0.2, 0.25) is 0 Å². The fourth-order valence-electron chi connectivity index (χ4n) is 2.05. The lowest BCUT2D eigenvalue weighted by molar-refractivity contribution is 0.0960. The number of nitrogens with zero attached hydrogens (tertiary/aromatic N) is 2. The zero-order valence-electron chi connectivity index (χ0n) is 10.5. The average molecular weight is 249 g/mol. The van der Waals surface area contributed by atoms with Gasteiger partial charge >= 0.3 is 6.09 Å². The van der Waals surface area contributed by atoms with E-state index in [-0.39, 0.29) is 6.09 Å². The topological polar surface area (TPSA) is 68.5 Å². The highest BCUT2D eigenvalue weighted by Crippen LogP contribution is 2.10. The van der Waals surface area contributed by atoms with Crippen molar-refractivity contribution in [3.63, 3.8) is 0 Å². The van der Waals surface area contributed by atoms with Crippen LogP contribution in [0.25, 0.3) is 0 Å². The predicted octanol–water partition coefficient (Wildman–Crippen LogP) is 1.83. The van der Waals surface area contributed by atoms with Gasteiger partial charge in [0.15, 0.2) is 0 Å². The van der Waals surface area contributed by atoms with Crippen LogP contribution in [0.15, 0.2) is 18.2 Å². The minimum atomic E-state index is -0.210. The second kappa shape index (κ2) is 6.23. The quantitative estimate of drug-likeness (QED) is 0.887. The number of amides is 1. The number of pyridine rings is 1. The molecule has 0 aromatic carbocycles. The number of nitrogens with two attached hydrogens (primary N) is 1. The highest BCUT2D eigenvalue weighted by Gasteiger charge is 2.17. The molecule has 98 valence electrons. The molecule has 0 radical (unpaired) electrons. The SMILES string of the molecule is Nc1cccc(CCOC(=O)N2CCCCC2)n1. The van der Waals surface area contributed by atoms with E-state index in [1.165, 1.54) is 6.42 Å². The molecule has 5 nitrogen and oxygen atoms in total. The van der Waals surface area contributed by atoms with E-state index < -0.39 is 0 Å². The Balaban J connectivity index is 1.73. The smallest absolute Gasteiger partial charge is 0.409 e. The summed E-state index contributed by atoms with van der Waals surface area (Å²) < 4.78 is 5.23. The van der Waals surface area contributed by atoms with E-state index in [1.807, 2.05) is 12.1 Å². The minimum absolute atomic E-state index is 0.210. The molecule has 1 fully saturated rings. The molecule has 0 atom stereocenters. The van der Waals surface area contributed by atoms with Crippen molar-refractivity contribution < 1.29 is 9.53 Å². The largest absolute Gasteiger partial charge is 0.449 e. The first-order valence-corrected chi connectivity index (χ1v) is 6.39. The maximum atomic E-state index is 11.7. The molecule has 0 bridgehead atoms. The maximum absolute atomic E-state index is 11.7. The Labute approximate surface area is 107 Å². The minimum Gasteiger partial charge on any atom is -0.449 e. The first kappa shape index (κ1) is 12.7. The molecule has 0 spiro atoms. The van der Waals surface area contributed by atoms with Crippen LogP contribution in [-0.4, -0.2) is 35.7 Å². The van der Waals surface area contributed by atoms with Crippen LogP contribution >= 0.6 is 0 Å². The van der Waals surface area contributed by atoms with Crippen LogP contribution in [0, 0.1) is 0 Å². The van der Waals surface area contributed by atoms with Gasteiger partial charge in [-0.2, -0.15) is 0 Å². The molecule has 0 aliphatic carbocycles. The van der Waals surface area contributed by atoms with Crippen LogP contribution in [0.3, 0.4) is 0 Å². The highest BCUT2D eigenvalue weighted by molar-refractivity contribution is 5.67.